The number of aryl methyl sites for hydroxylation is 1. The highest BCUT2D eigenvalue weighted by Crippen LogP contribution is 2.27. The molecular formula is C31H37N4O5+. The van der Waals surface area contributed by atoms with Crippen molar-refractivity contribution in [3.05, 3.63) is 71.3 Å². The molecule has 2 heterocycles. The topological polar surface area (TPSA) is 138 Å². The van der Waals surface area contributed by atoms with Crippen LogP contribution in [-0.2, 0) is 16.0 Å². The van der Waals surface area contributed by atoms with Crippen LogP contribution < -0.4 is 15.0 Å². The Kier molecular flexibility index (Phi) is 9.37. The van der Waals surface area contributed by atoms with E-state index in [1.165, 1.54) is 0 Å². The minimum absolute atomic E-state index is 0.115. The molecule has 0 aliphatic rings. The first-order chi connectivity index (χ1) is 19.3. The number of unbranched alkanes of at least 4 members (excludes halogenated alkanes) is 2. The second kappa shape index (κ2) is 13.1. The van der Waals surface area contributed by atoms with Gasteiger partial charge in [0.15, 0.2) is 5.69 Å². The number of Topliss-reactive ketones (excluding diaryl/α,β-unsaturated/α-hetero) is 1. The van der Waals surface area contributed by atoms with E-state index in [0.29, 0.717) is 19.3 Å². The van der Waals surface area contributed by atoms with Gasteiger partial charge in [-0.2, -0.15) is 0 Å². The summed E-state index contributed by atoms with van der Waals surface area (Å²) in [5, 5.41) is 13.5. The van der Waals surface area contributed by atoms with Gasteiger partial charge in [0, 0.05) is 35.0 Å². The van der Waals surface area contributed by atoms with Gasteiger partial charge < -0.3 is 20.1 Å². The van der Waals surface area contributed by atoms with Crippen LogP contribution in [0.3, 0.4) is 0 Å². The van der Waals surface area contributed by atoms with Crippen LogP contribution in [0.1, 0.15) is 78.9 Å². The second-order valence-corrected chi connectivity index (χ2v) is 10.1. The van der Waals surface area contributed by atoms with Crippen LogP contribution in [-0.4, -0.2) is 39.8 Å². The molecule has 0 unspecified atom stereocenters. The fourth-order valence-corrected chi connectivity index (χ4v) is 4.97. The summed E-state index contributed by atoms with van der Waals surface area (Å²) in [5.41, 5.74) is 4.46. The molecule has 0 bridgehead atoms. The van der Waals surface area contributed by atoms with Crippen molar-refractivity contribution in [2.24, 2.45) is 0 Å². The lowest BCUT2D eigenvalue weighted by Gasteiger charge is -2.14. The summed E-state index contributed by atoms with van der Waals surface area (Å²) >= 11 is 0. The standard InChI is InChI=1S/C31H36N4O5/c1-4-22(36)11-6-5-7-12-27(30-32-18-28(35-30)20-9-8-10-21(15-20)31(38)39)34-29(37)17-24-19(2)33-26-14-13-23(40-3)16-25(24)26/h8-10,13-16,18,27,33H,4-7,11-12,17H2,1-3H3,(H,32,35)(H,34,37)(H,38,39)/p+1/t27-/m0/s1. The lowest BCUT2D eigenvalue weighted by Crippen LogP contribution is -2.33. The highest BCUT2D eigenvalue weighted by atomic mass is 16.5. The van der Waals surface area contributed by atoms with Gasteiger partial charge in [0.1, 0.15) is 23.8 Å². The molecule has 0 spiro atoms. The number of carboxylic acid groups (broad SMARTS) is 1. The van der Waals surface area contributed by atoms with Crippen molar-refractivity contribution in [1.82, 2.24) is 15.3 Å². The van der Waals surface area contributed by atoms with Crippen molar-refractivity contribution in [2.45, 2.75) is 64.8 Å². The van der Waals surface area contributed by atoms with Crippen LogP contribution in [0.15, 0.2) is 48.7 Å². The van der Waals surface area contributed by atoms with E-state index in [1.54, 1.807) is 31.5 Å². The van der Waals surface area contributed by atoms with E-state index >= 15 is 0 Å². The minimum Gasteiger partial charge on any atom is -0.497 e. The summed E-state index contributed by atoms with van der Waals surface area (Å²) in [6.07, 6.45) is 6.34. The highest BCUT2D eigenvalue weighted by molar-refractivity contribution is 5.91. The van der Waals surface area contributed by atoms with Crippen molar-refractivity contribution in [2.75, 3.05) is 7.11 Å². The number of carboxylic acids is 1. The second-order valence-electron chi connectivity index (χ2n) is 10.1. The van der Waals surface area contributed by atoms with Gasteiger partial charge in [-0.25, -0.2) is 14.8 Å². The SMILES string of the molecule is CCC(=O)CCCCC[C@H](NC(=O)Cc1c(C)[nH]c2ccc(OC)cc12)c1[nH]c(-c2cccc(C(=O)O)c2)c[nH+]1. The number of aromatic nitrogens is 3. The van der Waals surface area contributed by atoms with E-state index in [1.807, 2.05) is 38.1 Å². The maximum absolute atomic E-state index is 13.4. The average Bonchev–Trinajstić information content (AvgIpc) is 3.56. The minimum atomic E-state index is -0.991. The van der Waals surface area contributed by atoms with Gasteiger partial charge in [0.05, 0.1) is 19.1 Å². The molecule has 0 radical (unpaired) electrons. The van der Waals surface area contributed by atoms with Crippen LogP contribution in [0.5, 0.6) is 5.75 Å². The Morgan fingerprint density at radius 1 is 1.07 bits per heavy atom. The summed E-state index contributed by atoms with van der Waals surface area (Å²) in [4.78, 5) is 46.4. The van der Waals surface area contributed by atoms with Crippen LogP contribution in [0, 0.1) is 6.92 Å². The maximum Gasteiger partial charge on any atom is 0.335 e. The summed E-state index contributed by atoms with van der Waals surface area (Å²) in [7, 11) is 1.62. The lowest BCUT2D eigenvalue weighted by molar-refractivity contribution is -0.391. The van der Waals surface area contributed by atoms with E-state index < -0.39 is 5.97 Å². The van der Waals surface area contributed by atoms with E-state index in [0.717, 1.165) is 64.3 Å². The molecule has 4 aromatic rings. The van der Waals surface area contributed by atoms with Crippen molar-refractivity contribution in [3.8, 4) is 17.0 Å². The molecule has 1 amide bonds. The first-order valence-electron chi connectivity index (χ1n) is 13.7. The monoisotopic (exact) mass is 545 g/mol. The Hall–Kier alpha value is -4.40. The number of hydrogen-bond acceptors (Lipinski definition) is 4. The molecule has 2 aromatic heterocycles. The van der Waals surface area contributed by atoms with Crippen LogP contribution in [0.4, 0.5) is 0 Å². The Labute approximate surface area is 233 Å². The van der Waals surface area contributed by atoms with Gasteiger partial charge in [-0.3, -0.25) is 9.59 Å². The summed E-state index contributed by atoms with van der Waals surface area (Å²) in [5.74, 6) is 0.616. The van der Waals surface area contributed by atoms with Crippen molar-refractivity contribution in [3.63, 3.8) is 0 Å². The third-order valence-corrected chi connectivity index (χ3v) is 7.25. The average molecular weight is 546 g/mol. The number of amides is 1. The van der Waals surface area contributed by atoms with Crippen molar-refractivity contribution in [1.29, 1.82) is 0 Å². The fraction of sp³-hybridized carbons (Fsp3) is 0.355. The number of aromatic amines is 3. The van der Waals surface area contributed by atoms with Crippen molar-refractivity contribution < 1.29 is 29.2 Å². The molecule has 9 nitrogen and oxygen atoms in total. The molecular weight excluding hydrogens is 508 g/mol. The molecule has 0 aliphatic heterocycles. The quantitative estimate of drug-likeness (QED) is 0.159. The largest absolute Gasteiger partial charge is 0.497 e. The predicted molar refractivity (Wildman–Crippen MR) is 152 cm³/mol. The van der Waals surface area contributed by atoms with Gasteiger partial charge in [0.25, 0.3) is 5.82 Å². The molecule has 0 saturated carbocycles. The summed E-state index contributed by atoms with van der Waals surface area (Å²) < 4.78 is 5.38. The smallest absolute Gasteiger partial charge is 0.335 e. The molecule has 210 valence electrons. The number of ether oxygens (including phenoxy) is 1. The number of carbonyl (C=O) groups is 3. The molecule has 40 heavy (non-hydrogen) atoms. The van der Waals surface area contributed by atoms with E-state index in [-0.39, 0.29) is 29.7 Å². The molecule has 2 aromatic carbocycles. The number of ketones is 1. The Morgan fingerprint density at radius 2 is 1.90 bits per heavy atom. The third kappa shape index (κ3) is 6.97. The molecule has 0 fully saturated rings. The third-order valence-electron chi connectivity index (χ3n) is 7.25. The zero-order valence-corrected chi connectivity index (χ0v) is 23.2. The zero-order chi connectivity index (χ0) is 28.6. The van der Waals surface area contributed by atoms with Gasteiger partial charge in [-0.1, -0.05) is 31.9 Å². The summed E-state index contributed by atoms with van der Waals surface area (Å²) in [6.45, 7) is 3.84. The number of H-pyrrole nitrogens is 3. The normalized spacial score (nSPS) is 11.9. The molecule has 0 aliphatic carbocycles. The number of imidazole rings is 1. The molecule has 4 rings (SSSR count). The van der Waals surface area contributed by atoms with E-state index in [9.17, 15) is 19.5 Å². The molecule has 5 N–H and O–H groups in total. The number of hydrogen-bond donors (Lipinski definition) is 4. The predicted octanol–water partition coefficient (Wildman–Crippen LogP) is 5.32. The molecule has 0 saturated heterocycles. The number of aromatic carboxylic acids is 1. The maximum atomic E-state index is 13.4. The number of carbonyl (C=O) groups excluding carboxylic acids is 2. The van der Waals surface area contributed by atoms with E-state index in [2.05, 4.69) is 20.3 Å². The Morgan fingerprint density at radius 3 is 2.65 bits per heavy atom. The van der Waals surface area contributed by atoms with Gasteiger partial charge >= 0.3 is 5.97 Å². The van der Waals surface area contributed by atoms with Gasteiger partial charge in [-0.05, 0) is 55.7 Å². The van der Waals surface area contributed by atoms with Crippen LogP contribution in [0.25, 0.3) is 22.2 Å². The highest BCUT2D eigenvalue weighted by Gasteiger charge is 2.24. The van der Waals surface area contributed by atoms with Crippen molar-refractivity contribution >= 4 is 28.6 Å². The Balaban J connectivity index is 1.52. The fourth-order valence-electron chi connectivity index (χ4n) is 4.97. The van der Waals surface area contributed by atoms with Gasteiger partial charge in [-0.15, -0.1) is 0 Å². The van der Waals surface area contributed by atoms with Crippen LogP contribution >= 0.6 is 0 Å². The van der Waals surface area contributed by atoms with Crippen LogP contribution in [0.2, 0.25) is 0 Å². The zero-order valence-electron chi connectivity index (χ0n) is 23.2. The Bertz CT molecular complexity index is 1500. The first kappa shape index (κ1) is 28.6. The molecule has 9 heteroatoms. The lowest BCUT2D eigenvalue weighted by atomic mass is 10.0. The molecule has 1 atom stereocenters. The number of nitrogens with one attached hydrogen (secondary N) is 4. The van der Waals surface area contributed by atoms with E-state index in [4.69, 9.17) is 4.74 Å². The number of methoxy groups -OCH3 is 1. The number of fused-ring (bicyclic) bond motifs is 1. The first-order valence-corrected chi connectivity index (χ1v) is 13.7. The van der Waals surface area contributed by atoms with Gasteiger partial charge in [0.2, 0.25) is 5.91 Å². The number of benzene rings is 2. The summed E-state index contributed by atoms with van der Waals surface area (Å²) in [6, 6.07) is 12.2. The number of rotatable bonds is 14.